The molecule has 0 saturated carbocycles. The zero-order chi connectivity index (χ0) is 15.4. The van der Waals surface area contributed by atoms with Crippen molar-refractivity contribution in [2.24, 2.45) is 0 Å². The summed E-state index contributed by atoms with van der Waals surface area (Å²) in [5, 5.41) is 8.54. The van der Waals surface area contributed by atoms with E-state index in [1.165, 1.54) is 24.3 Å². The first kappa shape index (κ1) is 15.6. The van der Waals surface area contributed by atoms with Crippen LogP contribution >= 0.6 is 11.8 Å². The van der Waals surface area contributed by atoms with Gasteiger partial charge >= 0.3 is 5.97 Å². The monoisotopic (exact) mass is 309 g/mol. The molecule has 4 nitrogen and oxygen atoms in total. The van der Waals surface area contributed by atoms with Crippen molar-refractivity contribution in [2.75, 3.05) is 18.6 Å². The van der Waals surface area contributed by atoms with Crippen LogP contribution in [0.5, 0.6) is 0 Å². The zero-order valence-corrected chi connectivity index (χ0v) is 12.4. The number of thioether (sulfide) groups is 1. The third kappa shape index (κ3) is 3.85. The van der Waals surface area contributed by atoms with Crippen LogP contribution in [0.25, 0.3) is 6.08 Å². The predicted octanol–water partition coefficient (Wildman–Crippen LogP) is 2.50. The number of halogens is 1. The van der Waals surface area contributed by atoms with Gasteiger partial charge < -0.3 is 10.0 Å². The van der Waals surface area contributed by atoms with Gasteiger partial charge in [0.15, 0.2) is 0 Å². The van der Waals surface area contributed by atoms with Crippen molar-refractivity contribution in [1.29, 1.82) is 0 Å². The minimum Gasteiger partial charge on any atom is -0.478 e. The average Bonchev–Trinajstić information content (AvgIpc) is 2.98. The number of carbonyl (C=O) groups is 2. The maximum Gasteiger partial charge on any atom is 0.328 e. The molecular formula is C15H16FNO3S. The average molecular weight is 309 g/mol. The minimum absolute atomic E-state index is 0.0156. The fourth-order valence-corrected chi connectivity index (χ4v) is 3.43. The van der Waals surface area contributed by atoms with Crippen LogP contribution in [0, 0.1) is 5.82 Å². The molecule has 1 aliphatic rings. The van der Waals surface area contributed by atoms with E-state index in [1.807, 2.05) is 0 Å². The Labute approximate surface area is 126 Å². The second-order valence-electron chi connectivity index (χ2n) is 4.84. The van der Waals surface area contributed by atoms with Crippen LogP contribution in [-0.4, -0.2) is 46.5 Å². The topological polar surface area (TPSA) is 57.6 Å². The molecule has 0 spiro atoms. The van der Waals surface area contributed by atoms with Gasteiger partial charge in [0, 0.05) is 24.9 Å². The molecule has 0 aromatic heterocycles. The Morgan fingerprint density at radius 3 is 2.81 bits per heavy atom. The molecule has 6 heteroatoms. The van der Waals surface area contributed by atoms with Crippen molar-refractivity contribution in [1.82, 2.24) is 4.90 Å². The van der Waals surface area contributed by atoms with Gasteiger partial charge in [-0.25, -0.2) is 9.18 Å². The summed E-state index contributed by atoms with van der Waals surface area (Å²) in [4.78, 5) is 24.3. The number of benzene rings is 1. The molecule has 0 radical (unpaired) electrons. The van der Waals surface area contributed by atoms with E-state index >= 15 is 0 Å². The Morgan fingerprint density at radius 1 is 1.48 bits per heavy atom. The van der Waals surface area contributed by atoms with Gasteiger partial charge in [-0.15, -0.1) is 0 Å². The molecule has 1 N–H and O–H groups in total. The molecule has 1 atom stereocenters. The van der Waals surface area contributed by atoms with E-state index in [2.05, 4.69) is 0 Å². The van der Waals surface area contributed by atoms with Crippen LogP contribution in [0.2, 0.25) is 0 Å². The summed E-state index contributed by atoms with van der Waals surface area (Å²) >= 11 is 1.79. The molecule has 0 bridgehead atoms. The third-order valence-electron chi connectivity index (χ3n) is 3.42. The summed E-state index contributed by atoms with van der Waals surface area (Å²) in [5.41, 5.74) is 0.424. The van der Waals surface area contributed by atoms with E-state index in [9.17, 15) is 14.0 Å². The molecule has 21 heavy (non-hydrogen) atoms. The number of carboxylic acids is 1. The van der Waals surface area contributed by atoms with Gasteiger partial charge in [0.25, 0.3) is 5.91 Å². The van der Waals surface area contributed by atoms with Crippen molar-refractivity contribution < 1.29 is 19.1 Å². The number of nitrogens with zero attached hydrogens (tertiary/aromatic N) is 1. The van der Waals surface area contributed by atoms with E-state index < -0.39 is 11.8 Å². The second kappa shape index (κ2) is 6.76. The summed E-state index contributed by atoms with van der Waals surface area (Å²) in [7, 11) is 1.69. The molecule has 1 heterocycles. The molecule has 2 rings (SSSR count). The number of rotatable bonds is 4. The van der Waals surface area contributed by atoms with Gasteiger partial charge in [-0.1, -0.05) is 6.07 Å². The Bertz CT molecular complexity index is 582. The Kier molecular flexibility index (Phi) is 5.01. The van der Waals surface area contributed by atoms with E-state index in [0.717, 1.165) is 24.0 Å². The maximum absolute atomic E-state index is 14.0. The normalized spacial score (nSPS) is 18.1. The van der Waals surface area contributed by atoms with Crippen molar-refractivity contribution >= 4 is 29.7 Å². The zero-order valence-electron chi connectivity index (χ0n) is 11.6. The molecule has 1 amide bonds. The number of amides is 1. The summed E-state index contributed by atoms with van der Waals surface area (Å²) in [6.45, 7) is 0. The molecule has 0 aliphatic carbocycles. The predicted molar refractivity (Wildman–Crippen MR) is 80.9 cm³/mol. The first-order chi connectivity index (χ1) is 9.99. The summed E-state index contributed by atoms with van der Waals surface area (Å²) < 4.78 is 14.0. The molecule has 1 aromatic carbocycles. The highest BCUT2D eigenvalue weighted by Crippen LogP contribution is 2.23. The molecule has 112 valence electrons. The van der Waals surface area contributed by atoms with Gasteiger partial charge in [-0.3, -0.25) is 4.79 Å². The molecule has 1 fully saturated rings. The molecule has 1 aliphatic heterocycles. The standard InChI is InChI=1S/C15H16FNO3S/c1-17(11-6-7-21-9-11)15(20)12-4-2-10(8-13(12)16)3-5-14(18)19/h2-5,8,11H,6-7,9H2,1H3,(H,18,19). The smallest absolute Gasteiger partial charge is 0.328 e. The maximum atomic E-state index is 14.0. The van der Waals surface area contributed by atoms with Gasteiger partial charge in [0.2, 0.25) is 0 Å². The lowest BCUT2D eigenvalue weighted by molar-refractivity contribution is -0.131. The highest BCUT2D eigenvalue weighted by atomic mass is 32.2. The highest BCUT2D eigenvalue weighted by Gasteiger charge is 2.26. The number of carboxylic acid groups (broad SMARTS) is 1. The lowest BCUT2D eigenvalue weighted by Gasteiger charge is -2.24. The quantitative estimate of drug-likeness (QED) is 0.868. The minimum atomic E-state index is -1.10. The molecule has 1 saturated heterocycles. The molecule has 1 unspecified atom stereocenters. The Hall–Kier alpha value is -1.82. The van der Waals surface area contributed by atoms with Crippen LogP contribution in [0.3, 0.4) is 0 Å². The lowest BCUT2D eigenvalue weighted by atomic mass is 10.1. The fourth-order valence-electron chi connectivity index (χ4n) is 2.16. The van der Waals surface area contributed by atoms with Gasteiger partial charge in [-0.2, -0.15) is 11.8 Å². The Balaban J connectivity index is 2.16. The SMILES string of the molecule is CN(C(=O)c1ccc(C=CC(=O)O)cc1F)C1CCSC1. The number of hydrogen-bond acceptors (Lipinski definition) is 3. The summed E-state index contributed by atoms with van der Waals surface area (Å²) in [6, 6.07) is 4.25. The third-order valence-corrected chi connectivity index (χ3v) is 4.56. The summed E-state index contributed by atoms with van der Waals surface area (Å²) in [6.07, 6.45) is 3.14. The van der Waals surface area contributed by atoms with Gasteiger partial charge in [0.1, 0.15) is 5.82 Å². The van der Waals surface area contributed by atoms with Gasteiger partial charge in [0.05, 0.1) is 5.56 Å². The van der Waals surface area contributed by atoms with Crippen molar-refractivity contribution in [2.45, 2.75) is 12.5 Å². The Morgan fingerprint density at radius 2 is 2.24 bits per heavy atom. The summed E-state index contributed by atoms with van der Waals surface area (Å²) in [5.74, 6) is -0.180. The van der Waals surface area contributed by atoms with E-state index in [4.69, 9.17) is 5.11 Å². The van der Waals surface area contributed by atoms with Crippen molar-refractivity contribution in [3.05, 3.63) is 41.2 Å². The number of carbonyl (C=O) groups excluding carboxylic acids is 1. The highest BCUT2D eigenvalue weighted by molar-refractivity contribution is 7.99. The van der Waals surface area contributed by atoms with E-state index in [-0.39, 0.29) is 17.5 Å². The largest absolute Gasteiger partial charge is 0.478 e. The molecule has 1 aromatic rings. The van der Waals surface area contributed by atoms with Crippen molar-refractivity contribution in [3.8, 4) is 0 Å². The van der Waals surface area contributed by atoms with E-state index in [0.29, 0.717) is 5.56 Å². The van der Waals surface area contributed by atoms with Crippen LogP contribution in [0.4, 0.5) is 4.39 Å². The van der Waals surface area contributed by atoms with Crippen LogP contribution < -0.4 is 0 Å². The first-order valence-electron chi connectivity index (χ1n) is 6.54. The lowest BCUT2D eigenvalue weighted by Crippen LogP contribution is -2.37. The number of aliphatic carboxylic acids is 1. The first-order valence-corrected chi connectivity index (χ1v) is 7.70. The molecular weight excluding hydrogens is 293 g/mol. The second-order valence-corrected chi connectivity index (χ2v) is 5.99. The van der Waals surface area contributed by atoms with Crippen molar-refractivity contribution in [3.63, 3.8) is 0 Å². The van der Waals surface area contributed by atoms with Crippen LogP contribution in [0.15, 0.2) is 24.3 Å². The van der Waals surface area contributed by atoms with E-state index in [1.54, 1.807) is 23.7 Å². The van der Waals surface area contributed by atoms with Gasteiger partial charge in [-0.05, 0) is 35.9 Å². The van der Waals surface area contributed by atoms with Crippen LogP contribution in [0.1, 0.15) is 22.3 Å². The fraction of sp³-hybridized carbons (Fsp3) is 0.333. The number of hydrogen-bond donors (Lipinski definition) is 1. The van der Waals surface area contributed by atoms with Crippen LogP contribution in [-0.2, 0) is 4.79 Å².